The van der Waals surface area contributed by atoms with Crippen molar-refractivity contribution < 1.29 is 9.13 Å². The minimum atomic E-state index is -0.593. The number of aromatic nitrogens is 4. The zero-order valence-electron chi connectivity index (χ0n) is 7.38. The van der Waals surface area contributed by atoms with E-state index in [1.54, 1.807) is 6.20 Å². The zero-order valence-corrected chi connectivity index (χ0v) is 7.38. The minimum absolute atomic E-state index is 0.362. The molecule has 0 spiro atoms. The van der Waals surface area contributed by atoms with Crippen molar-refractivity contribution in [1.29, 1.82) is 0 Å². The predicted molar refractivity (Wildman–Crippen MR) is 45.7 cm³/mol. The minimum Gasteiger partial charge on any atom is -0.493 e. The normalized spacial score (nSPS) is 10.1. The molecule has 0 atom stereocenters. The summed E-state index contributed by atoms with van der Waals surface area (Å²) in [4.78, 5) is 7.19. The third-order valence-corrected chi connectivity index (χ3v) is 1.65. The second-order valence-corrected chi connectivity index (χ2v) is 2.52. The zero-order chi connectivity index (χ0) is 9.97. The highest BCUT2D eigenvalue weighted by atomic mass is 19.1. The molecule has 0 amide bonds. The number of halogens is 1. The lowest BCUT2D eigenvalue weighted by molar-refractivity contribution is 0.414. The molecule has 2 aromatic rings. The maximum Gasteiger partial charge on any atom is 0.218 e. The smallest absolute Gasteiger partial charge is 0.218 e. The monoisotopic (exact) mass is 194 g/mol. The van der Waals surface area contributed by atoms with Crippen LogP contribution in [-0.4, -0.2) is 26.9 Å². The second kappa shape index (κ2) is 3.41. The van der Waals surface area contributed by atoms with Crippen molar-refractivity contribution in [2.75, 3.05) is 7.11 Å². The van der Waals surface area contributed by atoms with Crippen LogP contribution in [0, 0.1) is 5.95 Å². The van der Waals surface area contributed by atoms with Gasteiger partial charge in [-0.25, -0.2) is 14.6 Å². The van der Waals surface area contributed by atoms with Gasteiger partial charge in [0.1, 0.15) is 6.33 Å². The van der Waals surface area contributed by atoms with Gasteiger partial charge >= 0.3 is 0 Å². The van der Waals surface area contributed by atoms with E-state index >= 15 is 0 Å². The molecule has 72 valence electrons. The Kier molecular flexibility index (Phi) is 2.10. The van der Waals surface area contributed by atoms with Gasteiger partial charge in [-0.15, -0.1) is 0 Å². The molecule has 0 aliphatic carbocycles. The van der Waals surface area contributed by atoms with Crippen LogP contribution in [0.2, 0.25) is 0 Å². The largest absolute Gasteiger partial charge is 0.493 e. The fraction of sp³-hybridized carbons (Fsp3) is 0.125. The van der Waals surface area contributed by atoms with Crippen LogP contribution in [0.3, 0.4) is 0 Å². The third-order valence-electron chi connectivity index (χ3n) is 1.65. The molecule has 2 heterocycles. The summed E-state index contributed by atoms with van der Waals surface area (Å²) in [6.45, 7) is 0. The average molecular weight is 194 g/mol. The summed E-state index contributed by atoms with van der Waals surface area (Å²) in [5, 5.41) is 3.93. The molecule has 5 nitrogen and oxygen atoms in total. The lowest BCUT2D eigenvalue weighted by atomic mass is 10.5. The first kappa shape index (κ1) is 8.61. The van der Waals surface area contributed by atoms with Crippen molar-refractivity contribution >= 4 is 0 Å². The van der Waals surface area contributed by atoms with Crippen LogP contribution in [0.25, 0.3) is 5.82 Å². The first-order chi connectivity index (χ1) is 6.79. The van der Waals surface area contributed by atoms with Crippen LogP contribution in [0.15, 0.2) is 24.8 Å². The van der Waals surface area contributed by atoms with Gasteiger partial charge in [0.25, 0.3) is 0 Å². The van der Waals surface area contributed by atoms with Crippen molar-refractivity contribution in [1.82, 2.24) is 19.7 Å². The molecule has 0 fully saturated rings. The number of rotatable bonds is 2. The van der Waals surface area contributed by atoms with Crippen molar-refractivity contribution in [2.24, 2.45) is 0 Å². The van der Waals surface area contributed by atoms with Crippen LogP contribution in [0.5, 0.6) is 5.75 Å². The Morgan fingerprint density at radius 1 is 1.43 bits per heavy atom. The molecule has 0 saturated carbocycles. The van der Waals surface area contributed by atoms with Crippen molar-refractivity contribution in [3.63, 3.8) is 0 Å². The lowest BCUT2D eigenvalue weighted by Crippen LogP contribution is -1.99. The lowest BCUT2D eigenvalue weighted by Gasteiger charge is -1.97. The SMILES string of the molecule is COc1cnn(-c2cc(F)ncn2)c1. The van der Waals surface area contributed by atoms with Gasteiger partial charge in [-0.3, -0.25) is 0 Å². The molecule has 0 saturated heterocycles. The van der Waals surface area contributed by atoms with Gasteiger partial charge in [-0.2, -0.15) is 9.49 Å². The molecule has 0 bridgehead atoms. The topological polar surface area (TPSA) is 52.8 Å². The standard InChI is InChI=1S/C8H7FN4O/c1-14-6-3-12-13(4-6)8-2-7(9)10-5-11-8/h2-5H,1H3. The van der Waals surface area contributed by atoms with Crippen LogP contribution in [0.1, 0.15) is 0 Å². The molecule has 0 radical (unpaired) electrons. The van der Waals surface area contributed by atoms with E-state index in [1.165, 1.54) is 24.1 Å². The molecule has 2 aromatic heterocycles. The van der Waals surface area contributed by atoms with Gasteiger partial charge in [0.2, 0.25) is 5.95 Å². The van der Waals surface area contributed by atoms with Gasteiger partial charge in [-0.05, 0) is 0 Å². The van der Waals surface area contributed by atoms with E-state index in [2.05, 4.69) is 15.1 Å². The number of methoxy groups -OCH3 is 1. The number of hydrogen-bond acceptors (Lipinski definition) is 4. The van der Waals surface area contributed by atoms with Gasteiger partial charge < -0.3 is 4.74 Å². The molecular formula is C8H7FN4O. The second-order valence-electron chi connectivity index (χ2n) is 2.52. The Hall–Kier alpha value is -1.98. The van der Waals surface area contributed by atoms with Crippen molar-refractivity contribution in [3.8, 4) is 11.6 Å². The summed E-state index contributed by atoms with van der Waals surface area (Å²) in [5.74, 6) is 0.356. The van der Waals surface area contributed by atoms with Crippen molar-refractivity contribution in [3.05, 3.63) is 30.7 Å². The molecule has 0 aliphatic heterocycles. The van der Waals surface area contributed by atoms with Crippen LogP contribution < -0.4 is 4.74 Å². The van der Waals surface area contributed by atoms with E-state index < -0.39 is 5.95 Å². The Morgan fingerprint density at radius 2 is 2.29 bits per heavy atom. The molecule has 0 unspecified atom stereocenters. The molecule has 14 heavy (non-hydrogen) atoms. The molecule has 0 N–H and O–H groups in total. The Balaban J connectivity index is 2.39. The summed E-state index contributed by atoms with van der Waals surface area (Å²) in [6, 6.07) is 1.19. The summed E-state index contributed by atoms with van der Waals surface area (Å²) in [5.41, 5.74) is 0. The van der Waals surface area contributed by atoms with E-state index in [9.17, 15) is 4.39 Å². The van der Waals surface area contributed by atoms with Crippen molar-refractivity contribution in [2.45, 2.75) is 0 Å². The first-order valence-corrected chi connectivity index (χ1v) is 3.86. The van der Waals surface area contributed by atoms with Crippen LogP contribution in [-0.2, 0) is 0 Å². The predicted octanol–water partition coefficient (Wildman–Crippen LogP) is 0.810. The number of ether oxygens (including phenoxy) is 1. The van der Waals surface area contributed by atoms with Crippen LogP contribution in [0.4, 0.5) is 4.39 Å². The summed E-state index contributed by atoms with van der Waals surface area (Å²) in [6.07, 6.45) is 4.25. The maximum absolute atomic E-state index is 12.7. The quantitative estimate of drug-likeness (QED) is 0.664. The molecule has 0 aromatic carbocycles. The molecule has 6 heteroatoms. The van der Waals surface area contributed by atoms with Gasteiger partial charge in [0, 0.05) is 6.07 Å². The van der Waals surface area contributed by atoms with E-state index in [0.717, 1.165) is 6.33 Å². The average Bonchev–Trinajstić information content (AvgIpc) is 2.66. The fourth-order valence-electron chi connectivity index (χ4n) is 0.987. The van der Waals surface area contributed by atoms with Crippen LogP contribution >= 0.6 is 0 Å². The molecule has 2 rings (SSSR count). The highest BCUT2D eigenvalue weighted by Gasteiger charge is 2.02. The molecular weight excluding hydrogens is 187 g/mol. The Bertz CT molecular complexity index is 442. The van der Waals surface area contributed by atoms with Gasteiger partial charge in [0.05, 0.1) is 19.5 Å². The first-order valence-electron chi connectivity index (χ1n) is 3.86. The Morgan fingerprint density at radius 3 is 2.93 bits per heavy atom. The summed E-state index contributed by atoms with van der Waals surface area (Å²) < 4.78 is 19.1. The maximum atomic E-state index is 12.7. The van der Waals surface area contributed by atoms with E-state index in [1.807, 2.05) is 0 Å². The third kappa shape index (κ3) is 1.54. The van der Waals surface area contributed by atoms with E-state index in [4.69, 9.17) is 4.74 Å². The number of nitrogens with zero attached hydrogens (tertiary/aromatic N) is 4. The van der Waals surface area contributed by atoms with E-state index in [0.29, 0.717) is 11.6 Å². The van der Waals surface area contributed by atoms with Gasteiger partial charge in [-0.1, -0.05) is 0 Å². The molecule has 0 aliphatic rings. The highest BCUT2D eigenvalue weighted by molar-refractivity contribution is 5.23. The fourth-order valence-corrected chi connectivity index (χ4v) is 0.987. The number of hydrogen-bond donors (Lipinski definition) is 0. The van der Waals surface area contributed by atoms with Gasteiger partial charge in [0.15, 0.2) is 11.6 Å². The Labute approximate surface area is 79.2 Å². The van der Waals surface area contributed by atoms with E-state index in [-0.39, 0.29) is 0 Å². The summed E-state index contributed by atoms with van der Waals surface area (Å²) in [7, 11) is 1.53. The highest BCUT2D eigenvalue weighted by Crippen LogP contribution is 2.10. The summed E-state index contributed by atoms with van der Waals surface area (Å²) >= 11 is 0.